The number of hydrogen-bond donors (Lipinski definition) is 0. The van der Waals surface area contributed by atoms with Crippen LogP contribution in [0.2, 0.25) is 0 Å². The molecule has 0 amide bonds. The van der Waals surface area contributed by atoms with Crippen LogP contribution in [0.1, 0.15) is 43.1 Å². The third kappa shape index (κ3) is 6.75. The molecule has 4 heteroatoms. The highest BCUT2D eigenvalue weighted by Crippen LogP contribution is 2.18. The minimum Gasteiger partial charge on any atom is -0.494 e. The molecule has 0 N–H and O–H groups in total. The minimum absolute atomic E-state index is 0. The molecule has 0 unspecified atom stereocenters. The molecule has 0 saturated carbocycles. The van der Waals surface area contributed by atoms with Gasteiger partial charge in [0.1, 0.15) is 5.75 Å². The van der Waals surface area contributed by atoms with Gasteiger partial charge in [-0.15, -0.1) is 0 Å². The smallest absolute Gasteiger partial charge is 0.330 e. The zero-order valence-corrected chi connectivity index (χ0v) is 12.0. The van der Waals surface area contributed by atoms with Crippen LogP contribution in [0.25, 0.3) is 0 Å². The maximum absolute atomic E-state index is 11.3. The first-order valence-electron chi connectivity index (χ1n) is 6.58. The molecule has 1 aromatic rings. The van der Waals surface area contributed by atoms with Crippen molar-refractivity contribution in [3.05, 3.63) is 42.0 Å². The second kappa shape index (κ2) is 9.75. The summed E-state index contributed by atoms with van der Waals surface area (Å²) in [6, 6.07) is 5.43. The Morgan fingerprint density at radius 3 is 2.48 bits per heavy atom. The molecule has 0 fully saturated rings. The highest BCUT2D eigenvalue weighted by Gasteiger charge is 2.05. The minimum atomic E-state index is -0.402. The number of carbonyl (C=O) groups excluding carboxylic acids is 2. The Hall–Kier alpha value is -2.10. The number of hydrogen-bond acceptors (Lipinski definition) is 4. The second-order valence-corrected chi connectivity index (χ2v) is 4.46. The molecule has 116 valence electrons. The van der Waals surface area contributed by atoms with Crippen LogP contribution in [0.4, 0.5) is 0 Å². The Morgan fingerprint density at radius 2 is 1.90 bits per heavy atom. The summed E-state index contributed by atoms with van der Waals surface area (Å²) in [6.07, 6.45) is 2.68. The summed E-state index contributed by atoms with van der Waals surface area (Å²) in [5.41, 5.74) is 1.63. The molecule has 0 spiro atoms. The molecular weight excluding hydrogens is 268 g/mol. The zero-order valence-electron chi connectivity index (χ0n) is 12.0. The topological polar surface area (TPSA) is 52.6 Å². The van der Waals surface area contributed by atoms with Crippen molar-refractivity contribution in [2.45, 2.75) is 34.1 Å². The highest BCUT2D eigenvalue weighted by atomic mass is 16.5. The first kappa shape index (κ1) is 18.9. The third-order valence-corrected chi connectivity index (χ3v) is 2.80. The number of rotatable bonds is 8. The molecule has 0 saturated heterocycles. The monoisotopic (exact) mass is 292 g/mol. The van der Waals surface area contributed by atoms with Gasteiger partial charge in [0.2, 0.25) is 0 Å². The van der Waals surface area contributed by atoms with Crippen LogP contribution in [0, 0.1) is 6.92 Å². The van der Waals surface area contributed by atoms with Crippen LogP contribution < -0.4 is 4.74 Å². The molecule has 0 atom stereocenters. The van der Waals surface area contributed by atoms with Gasteiger partial charge in [0, 0.05) is 11.6 Å². The second-order valence-electron chi connectivity index (χ2n) is 4.46. The molecule has 0 aromatic heterocycles. The number of ether oxygens (including phenoxy) is 2. The van der Waals surface area contributed by atoms with E-state index in [0.29, 0.717) is 18.8 Å². The van der Waals surface area contributed by atoms with Gasteiger partial charge in [-0.25, -0.2) is 4.79 Å². The summed E-state index contributed by atoms with van der Waals surface area (Å²) in [7, 11) is 0. The van der Waals surface area contributed by atoms with Crippen molar-refractivity contribution < 1.29 is 19.1 Å². The lowest BCUT2D eigenvalue weighted by Gasteiger charge is -2.09. The molecular formula is C17H24O4. The average Bonchev–Trinajstić information content (AvgIpc) is 2.42. The lowest BCUT2D eigenvalue weighted by Crippen LogP contribution is -2.05. The Labute approximate surface area is 126 Å². The molecule has 0 aliphatic carbocycles. The van der Waals surface area contributed by atoms with E-state index in [4.69, 9.17) is 9.47 Å². The number of esters is 1. The van der Waals surface area contributed by atoms with Crippen molar-refractivity contribution in [3.8, 4) is 5.75 Å². The molecule has 21 heavy (non-hydrogen) atoms. The van der Waals surface area contributed by atoms with Gasteiger partial charge in [0.15, 0.2) is 5.78 Å². The Kier molecular flexibility index (Phi) is 8.77. The first-order valence-corrected chi connectivity index (χ1v) is 6.58. The Balaban J connectivity index is 0.00000400. The van der Waals surface area contributed by atoms with Gasteiger partial charge in [-0.05, 0) is 50.5 Å². The largest absolute Gasteiger partial charge is 0.494 e. The van der Waals surface area contributed by atoms with Crippen LogP contribution in [-0.4, -0.2) is 25.0 Å². The van der Waals surface area contributed by atoms with Gasteiger partial charge in [-0.3, -0.25) is 4.79 Å². The van der Waals surface area contributed by atoms with Crippen LogP contribution >= 0.6 is 0 Å². The first-order chi connectivity index (χ1) is 9.54. The van der Waals surface area contributed by atoms with E-state index in [2.05, 4.69) is 6.58 Å². The highest BCUT2D eigenvalue weighted by molar-refractivity contribution is 5.95. The molecule has 0 bridgehead atoms. The number of benzene rings is 1. The number of unbranched alkanes of at least 4 members (excludes halogenated alkanes) is 1. The van der Waals surface area contributed by atoms with Crippen molar-refractivity contribution in [1.82, 2.24) is 0 Å². The summed E-state index contributed by atoms with van der Waals surface area (Å²) in [4.78, 5) is 22.1. The van der Waals surface area contributed by atoms with Crippen molar-refractivity contribution in [1.29, 1.82) is 0 Å². The quantitative estimate of drug-likeness (QED) is 0.317. The van der Waals surface area contributed by atoms with E-state index in [-0.39, 0.29) is 13.2 Å². The number of aryl methyl sites for hydroxylation is 1. The lowest BCUT2D eigenvalue weighted by molar-refractivity contribution is -0.137. The van der Waals surface area contributed by atoms with Crippen molar-refractivity contribution in [2.24, 2.45) is 0 Å². The number of Topliss-reactive ketones (excluding diaryl/α,β-unsaturated/α-hetero) is 1. The van der Waals surface area contributed by atoms with Gasteiger partial charge in [-0.2, -0.15) is 0 Å². The predicted octanol–water partition coefficient (Wildman–Crippen LogP) is 3.72. The standard InChI is InChI=1S/C16H20O4.CH4/c1-4-16(18)20-10-6-5-9-19-14-7-8-15(13(3)17)12(2)11-14;/h4,7-8,11H,1,5-6,9-10H2,2-3H3;1H4. The van der Waals surface area contributed by atoms with Crippen molar-refractivity contribution in [2.75, 3.05) is 13.2 Å². The van der Waals surface area contributed by atoms with Crippen LogP contribution in [0.5, 0.6) is 5.75 Å². The Morgan fingerprint density at radius 1 is 1.24 bits per heavy atom. The van der Waals surface area contributed by atoms with Crippen LogP contribution in [-0.2, 0) is 9.53 Å². The fourth-order valence-corrected chi connectivity index (χ4v) is 1.75. The van der Waals surface area contributed by atoms with Crippen molar-refractivity contribution >= 4 is 11.8 Å². The fourth-order valence-electron chi connectivity index (χ4n) is 1.75. The fraction of sp³-hybridized carbons (Fsp3) is 0.412. The summed E-state index contributed by atoms with van der Waals surface area (Å²) >= 11 is 0. The summed E-state index contributed by atoms with van der Waals surface area (Å²) in [5, 5.41) is 0. The van der Waals surface area contributed by atoms with Gasteiger partial charge in [0.05, 0.1) is 13.2 Å². The van der Waals surface area contributed by atoms with E-state index < -0.39 is 5.97 Å². The van der Waals surface area contributed by atoms with Gasteiger partial charge in [-0.1, -0.05) is 14.0 Å². The molecule has 0 heterocycles. The van der Waals surface area contributed by atoms with Crippen molar-refractivity contribution in [3.63, 3.8) is 0 Å². The van der Waals surface area contributed by atoms with E-state index in [0.717, 1.165) is 30.2 Å². The third-order valence-electron chi connectivity index (χ3n) is 2.80. The van der Waals surface area contributed by atoms with Gasteiger partial charge >= 0.3 is 5.97 Å². The van der Waals surface area contributed by atoms with Gasteiger partial charge < -0.3 is 9.47 Å². The number of ketones is 1. The summed E-state index contributed by atoms with van der Waals surface area (Å²) < 4.78 is 10.4. The maximum atomic E-state index is 11.3. The van der Waals surface area contributed by atoms with Crippen LogP contribution in [0.15, 0.2) is 30.9 Å². The van der Waals surface area contributed by atoms with E-state index in [1.165, 1.54) is 0 Å². The average molecular weight is 292 g/mol. The van der Waals surface area contributed by atoms with E-state index in [1.54, 1.807) is 19.1 Å². The molecule has 0 radical (unpaired) electrons. The molecule has 0 aliphatic rings. The predicted molar refractivity (Wildman–Crippen MR) is 83.8 cm³/mol. The SMILES string of the molecule is C.C=CC(=O)OCCCCOc1ccc(C(C)=O)c(C)c1. The van der Waals surface area contributed by atoms with Gasteiger partial charge in [0.25, 0.3) is 0 Å². The van der Waals surface area contributed by atoms with E-state index in [1.807, 2.05) is 13.0 Å². The van der Waals surface area contributed by atoms with E-state index >= 15 is 0 Å². The lowest BCUT2D eigenvalue weighted by atomic mass is 10.1. The van der Waals surface area contributed by atoms with Crippen LogP contribution in [0.3, 0.4) is 0 Å². The molecule has 1 aromatic carbocycles. The maximum Gasteiger partial charge on any atom is 0.330 e. The molecule has 0 aliphatic heterocycles. The normalized spacial score (nSPS) is 9.43. The zero-order chi connectivity index (χ0) is 15.0. The summed E-state index contributed by atoms with van der Waals surface area (Å²) in [6.45, 7) is 7.67. The number of carbonyl (C=O) groups is 2. The van der Waals surface area contributed by atoms with E-state index in [9.17, 15) is 9.59 Å². The molecule has 1 rings (SSSR count). The summed E-state index contributed by atoms with van der Waals surface area (Å²) in [5.74, 6) is 0.398. The Bertz CT molecular complexity index is 492. The molecule has 4 nitrogen and oxygen atoms in total.